The van der Waals surface area contributed by atoms with E-state index in [9.17, 15) is 13.2 Å². The van der Waals surface area contributed by atoms with Gasteiger partial charge in [-0.15, -0.1) is 0 Å². The highest BCUT2D eigenvalue weighted by Crippen LogP contribution is 2.23. The van der Waals surface area contributed by atoms with Crippen molar-refractivity contribution in [2.24, 2.45) is 5.89 Å². The van der Waals surface area contributed by atoms with Crippen molar-refractivity contribution < 1.29 is 49.2 Å². The molecule has 30 heavy (non-hydrogen) atoms. The summed E-state index contributed by atoms with van der Waals surface area (Å²) in [6.07, 6.45) is -1.07. The summed E-state index contributed by atoms with van der Waals surface area (Å²) < 4.78 is 221. The summed E-state index contributed by atoms with van der Waals surface area (Å²) in [6.45, 7) is -24.9. The highest BCUT2D eigenvalue weighted by molar-refractivity contribution is 7.89. The van der Waals surface area contributed by atoms with E-state index in [4.69, 9.17) is 31.6 Å². The number of amides is 1. The molecule has 0 radical (unpaired) electrons. The molecular weight excluding hydrogens is 407 g/mol. The minimum Gasteiger partial charge on any atom is -0.369 e. The number of unbranched alkanes of at least 4 members (excludes halogenated alkanes) is 1. The highest BCUT2D eigenvalue weighted by Gasteiger charge is 2.20. The van der Waals surface area contributed by atoms with Gasteiger partial charge in [0.1, 0.15) is 5.82 Å². The number of nitrogens with zero attached hydrogens (tertiary/aromatic N) is 3. The fraction of sp³-hybridized carbons (Fsp3) is 0.667. The van der Waals surface area contributed by atoms with Gasteiger partial charge in [-0.2, -0.15) is 0 Å². The van der Waals surface area contributed by atoms with Crippen LogP contribution in [0, 0.1) is 11.7 Å². The zero-order chi connectivity index (χ0) is 42.1. The van der Waals surface area contributed by atoms with Crippen LogP contribution >= 0.6 is 0 Å². The van der Waals surface area contributed by atoms with Crippen molar-refractivity contribution in [1.82, 2.24) is 9.21 Å². The van der Waals surface area contributed by atoms with Gasteiger partial charge in [-0.3, -0.25) is 9.69 Å². The lowest BCUT2D eigenvalue weighted by atomic mass is 10.2. The van der Waals surface area contributed by atoms with Crippen molar-refractivity contribution in [3.63, 3.8) is 0 Å². The topological polar surface area (TPSA) is 73.0 Å². The van der Waals surface area contributed by atoms with Crippen LogP contribution in [0.3, 0.4) is 0 Å². The van der Waals surface area contributed by atoms with E-state index in [-0.39, 0.29) is 0 Å². The van der Waals surface area contributed by atoms with Crippen LogP contribution in [0.15, 0.2) is 18.1 Å². The third kappa shape index (κ3) is 7.85. The zero-order valence-electron chi connectivity index (χ0n) is 38.5. The number of hydrogen-bond acceptors (Lipinski definition) is 5. The van der Waals surface area contributed by atoms with E-state index in [1.165, 1.54) is 0 Å². The molecule has 1 heterocycles. The van der Waals surface area contributed by atoms with Gasteiger partial charge < -0.3 is 10.2 Å². The molecule has 1 aromatic rings. The van der Waals surface area contributed by atoms with Gasteiger partial charge in [0.15, 0.2) is 1.41 Å². The summed E-state index contributed by atoms with van der Waals surface area (Å²) in [5.74, 6) is -8.08. The molecule has 1 saturated heterocycles. The third-order valence-corrected chi connectivity index (χ3v) is 4.87. The lowest BCUT2D eigenvalue weighted by Crippen LogP contribution is -2.46. The lowest BCUT2D eigenvalue weighted by molar-refractivity contribution is -0.114. The number of halogens is 1. The first-order valence-corrected chi connectivity index (χ1v) is 9.87. The quantitative estimate of drug-likeness (QED) is 0.538. The van der Waals surface area contributed by atoms with E-state index in [0.717, 1.165) is 0 Å². The first kappa shape index (κ1) is 7.71. The standard InChI is InChI=1S/C21H35FN4O3S/c1-17(2)16-30(28,29)24(4)7-5-6-8-25-9-11-26(12-10-25)21-14-19(22)13-20(15-21)23-18(3)27/h13-15,17H,5-12,16H2,1-4H3,(H,23,27)/i1D3,2D3,3D3,4D3,9D2,10D2,13D,14D,15D,16D2,17D/hD. The van der Waals surface area contributed by atoms with Gasteiger partial charge in [0.2, 0.25) is 15.9 Å². The molecule has 1 fully saturated rings. The fourth-order valence-corrected chi connectivity index (χ4v) is 3.07. The molecule has 9 heteroatoms. The third-order valence-electron chi connectivity index (χ3n) is 3.64. The second-order valence-corrected chi connectivity index (χ2v) is 7.48. The van der Waals surface area contributed by atoms with E-state index >= 15 is 4.39 Å². The maximum atomic E-state index is 15.0. The first-order chi connectivity index (χ1) is 23.2. The summed E-state index contributed by atoms with van der Waals surface area (Å²) in [5, 5.41) is -0.451. The molecule has 170 valence electrons. The van der Waals surface area contributed by atoms with Crippen molar-refractivity contribution in [3.05, 3.63) is 23.9 Å². The van der Waals surface area contributed by atoms with Gasteiger partial charge >= 0.3 is 0 Å². The van der Waals surface area contributed by atoms with Gasteiger partial charge in [0.05, 0.1) is 9.82 Å². The molecule has 0 bridgehead atoms. The van der Waals surface area contributed by atoms with Crippen molar-refractivity contribution in [3.8, 4) is 0 Å². The van der Waals surface area contributed by atoms with Crippen LogP contribution in [0.2, 0.25) is 1.41 Å². The van der Waals surface area contributed by atoms with Gasteiger partial charge in [-0.1, -0.05) is 13.7 Å². The summed E-state index contributed by atoms with van der Waals surface area (Å²) in [6, 6.07) is -3.76. The van der Waals surface area contributed by atoms with Gasteiger partial charge in [0.25, 0.3) is 0 Å². The Kier molecular flexibility index (Phi) is 2.84. The van der Waals surface area contributed by atoms with Crippen LogP contribution < -0.4 is 10.2 Å². The SMILES string of the molecule is [2H]c1c(F)c([2H])c(N([2H])C(=O)C([2H])([2H])[2H])c([2H])c1N1CC([2H])([2H])N(CCCCN(C([2H])([2H])[2H])S(=O)(=O)C([2H])([2H])C([2H])(C([2H])([2H])[2H])C([2H])([2H])[2H])C([2H])([2H])C1. The second-order valence-electron chi connectivity index (χ2n) is 5.89. The van der Waals surface area contributed by atoms with E-state index in [1.807, 2.05) is 0 Å². The lowest BCUT2D eigenvalue weighted by Gasteiger charge is -2.36. The monoisotopic (exact) mass is 465 g/mol. The summed E-state index contributed by atoms with van der Waals surface area (Å²) in [7, 11) is -6.13. The number of piperazine rings is 1. The van der Waals surface area contributed by atoms with Gasteiger partial charge in [-0.05, 0) is 43.4 Å². The number of anilines is 2. The molecule has 7 nitrogen and oxygen atoms in total. The van der Waals surface area contributed by atoms with Gasteiger partial charge in [0, 0.05) is 83.9 Å². The molecular formula is C21H35FN4O3S. The molecule has 2 rings (SSSR count). The number of nitrogens with one attached hydrogen (secondary N) is 1. The molecule has 1 amide bonds. The first-order valence-electron chi connectivity index (χ1n) is 19.9. The Morgan fingerprint density at radius 1 is 1.43 bits per heavy atom. The number of hydrogen-bond donors (Lipinski definition) is 1. The Balaban J connectivity index is 2.44. The number of carbonyl (C=O) groups excluding carboxylic acids is 1. The normalized spacial score (nSPS) is 32.9. The summed E-state index contributed by atoms with van der Waals surface area (Å²) in [5.41, 5.74) is -6.68. The van der Waals surface area contributed by atoms with Crippen molar-refractivity contribution in [2.45, 2.75) is 33.4 Å². The van der Waals surface area contributed by atoms with Crippen LogP contribution in [0.1, 0.15) is 63.6 Å². The molecule has 1 aromatic carbocycles. The van der Waals surface area contributed by atoms with E-state index in [0.29, 0.717) is 9.80 Å². The molecule has 0 unspecified atom stereocenters. The Hall–Kier alpha value is -1.71. The minimum atomic E-state index is -6.13. The van der Waals surface area contributed by atoms with E-state index < -0.39 is 152 Å². The van der Waals surface area contributed by atoms with Crippen LogP contribution in [-0.4, -0.2) is 75.4 Å². The maximum absolute atomic E-state index is 15.0. The summed E-state index contributed by atoms with van der Waals surface area (Å²) >= 11 is 0. The Bertz CT molecular complexity index is 1630. The Morgan fingerprint density at radius 2 is 2.20 bits per heavy atom. The fourth-order valence-electron chi connectivity index (χ4n) is 2.33. The van der Waals surface area contributed by atoms with E-state index in [1.54, 1.807) is 0 Å². The molecule has 0 atom stereocenters. The number of sulfonamides is 1. The average molecular weight is 466 g/mol. The average Bonchev–Trinajstić information content (AvgIpc) is 2.92. The minimum absolute atomic E-state index is 0.451. The molecule has 1 aliphatic heterocycles. The maximum Gasteiger partial charge on any atom is 0.221 e. The molecule has 1 aliphatic rings. The number of rotatable bonds is 10. The van der Waals surface area contributed by atoms with Crippen LogP contribution in [-0.2, 0) is 14.8 Å². The van der Waals surface area contributed by atoms with Crippen LogP contribution in [0.5, 0.6) is 0 Å². The molecule has 1 N–H and O–H groups in total. The Labute approximate surface area is 212 Å². The highest BCUT2D eigenvalue weighted by atomic mass is 32.2. The smallest absolute Gasteiger partial charge is 0.221 e. The van der Waals surface area contributed by atoms with E-state index in [2.05, 4.69) is 0 Å². The van der Waals surface area contributed by atoms with Crippen molar-refractivity contribution >= 4 is 27.3 Å². The molecule has 0 aliphatic carbocycles. The number of benzene rings is 1. The number of carbonyl (C=O) groups is 1. The van der Waals surface area contributed by atoms with Crippen molar-refractivity contribution in [2.75, 3.05) is 62.1 Å². The largest absolute Gasteiger partial charge is 0.369 e. The molecule has 0 saturated carbocycles. The van der Waals surface area contributed by atoms with Crippen LogP contribution in [0.25, 0.3) is 0 Å². The predicted octanol–water partition coefficient (Wildman–Crippen LogP) is 2.60. The predicted molar refractivity (Wildman–Crippen MR) is 120 cm³/mol. The second kappa shape index (κ2) is 11.1. The van der Waals surface area contributed by atoms with Crippen LogP contribution in [0.4, 0.5) is 15.8 Å². The zero-order valence-corrected chi connectivity index (χ0v) is 16.4. The molecule has 0 spiro atoms. The molecule has 0 aromatic heterocycles. The summed E-state index contributed by atoms with van der Waals surface area (Å²) in [4.78, 5) is 13.4. The van der Waals surface area contributed by atoms with Gasteiger partial charge in [-0.25, -0.2) is 17.1 Å². The van der Waals surface area contributed by atoms with Crippen molar-refractivity contribution in [1.29, 1.82) is 0 Å². The Morgan fingerprint density at radius 3 is 2.87 bits per heavy atom.